The third-order valence-electron chi connectivity index (χ3n) is 3.18. The van der Waals surface area contributed by atoms with Gasteiger partial charge in [-0.3, -0.25) is 9.32 Å². The molecule has 0 aliphatic heterocycles. The number of carbonyl (C=O) groups excluding carboxylic acids is 1. The second-order valence-electron chi connectivity index (χ2n) is 4.70. The SMILES string of the molecule is O=C(NCc1ccccc1)c1ccccc1-[n+]1cc(=O)o[nH]1. The lowest BCUT2D eigenvalue weighted by molar-refractivity contribution is -0.670. The summed E-state index contributed by atoms with van der Waals surface area (Å²) in [6.45, 7) is 0.431. The molecule has 110 valence electrons. The fourth-order valence-electron chi connectivity index (χ4n) is 2.12. The second-order valence-corrected chi connectivity index (χ2v) is 4.70. The van der Waals surface area contributed by atoms with E-state index in [4.69, 9.17) is 0 Å². The molecule has 0 saturated heterocycles. The molecule has 0 aliphatic carbocycles. The van der Waals surface area contributed by atoms with Crippen molar-refractivity contribution in [2.24, 2.45) is 0 Å². The van der Waals surface area contributed by atoms with Gasteiger partial charge in [-0.2, -0.15) is 0 Å². The zero-order chi connectivity index (χ0) is 15.4. The fraction of sp³-hybridized carbons (Fsp3) is 0.0625. The Morgan fingerprint density at radius 3 is 2.55 bits per heavy atom. The van der Waals surface area contributed by atoms with Gasteiger partial charge in [0, 0.05) is 12.6 Å². The normalized spacial score (nSPS) is 10.4. The average Bonchev–Trinajstić information content (AvgIpc) is 3.00. The predicted octanol–water partition coefficient (Wildman–Crippen LogP) is 1.17. The molecule has 3 aromatic rings. The first-order valence-corrected chi connectivity index (χ1v) is 6.76. The molecule has 0 spiro atoms. The van der Waals surface area contributed by atoms with E-state index in [9.17, 15) is 9.59 Å². The van der Waals surface area contributed by atoms with Crippen molar-refractivity contribution in [2.45, 2.75) is 6.54 Å². The van der Waals surface area contributed by atoms with Gasteiger partial charge in [0.05, 0.1) is 0 Å². The van der Waals surface area contributed by atoms with Crippen molar-refractivity contribution in [3.63, 3.8) is 0 Å². The van der Waals surface area contributed by atoms with E-state index >= 15 is 0 Å². The number of carbonyl (C=O) groups is 1. The summed E-state index contributed by atoms with van der Waals surface area (Å²) < 4.78 is 6.01. The van der Waals surface area contributed by atoms with E-state index in [0.29, 0.717) is 17.8 Å². The van der Waals surface area contributed by atoms with Crippen LogP contribution in [0.25, 0.3) is 5.69 Å². The quantitative estimate of drug-likeness (QED) is 0.709. The lowest BCUT2D eigenvalue weighted by atomic mass is 10.1. The van der Waals surface area contributed by atoms with Crippen LogP contribution in [-0.2, 0) is 6.54 Å². The average molecular weight is 296 g/mol. The van der Waals surface area contributed by atoms with E-state index in [-0.39, 0.29) is 5.91 Å². The number of rotatable bonds is 4. The Balaban J connectivity index is 1.82. The van der Waals surface area contributed by atoms with Crippen LogP contribution in [0, 0.1) is 0 Å². The minimum absolute atomic E-state index is 0.228. The zero-order valence-electron chi connectivity index (χ0n) is 11.7. The van der Waals surface area contributed by atoms with E-state index < -0.39 is 5.63 Å². The van der Waals surface area contributed by atoms with Crippen molar-refractivity contribution in [3.8, 4) is 5.69 Å². The Bertz CT molecular complexity index is 837. The Morgan fingerprint density at radius 2 is 1.82 bits per heavy atom. The van der Waals surface area contributed by atoms with Gasteiger partial charge >= 0.3 is 5.63 Å². The maximum absolute atomic E-state index is 12.4. The molecule has 0 bridgehead atoms. The van der Waals surface area contributed by atoms with Crippen LogP contribution >= 0.6 is 0 Å². The molecule has 22 heavy (non-hydrogen) atoms. The van der Waals surface area contributed by atoms with Crippen LogP contribution in [0.4, 0.5) is 0 Å². The molecular formula is C16H14N3O3+. The molecule has 0 radical (unpaired) electrons. The number of benzene rings is 2. The van der Waals surface area contributed by atoms with Gasteiger partial charge in [0.25, 0.3) is 17.8 Å². The van der Waals surface area contributed by atoms with Gasteiger partial charge < -0.3 is 5.32 Å². The molecule has 6 nitrogen and oxygen atoms in total. The Hall–Kier alpha value is -3.15. The Morgan fingerprint density at radius 1 is 1.09 bits per heavy atom. The summed E-state index contributed by atoms with van der Waals surface area (Å²) in [5.74, 6) is -0.228. The molecule has 0 aliphatic rings. The maximum Gasteiger partial charge on any atom is 0.427 e. The van der Waals surface area contributed by atoms with Crippen LogP contribution in [0.1, 0.15) is 15.9 Å². The minimum Gasteiger partial charge on any atom is -0.348 e. The van der Waals surface area contributed by atoms with Crippen LogP contribution in [0.15, 0.2) is 70.1 Å². The number of H-pyrrole nitrogens is 1. The molecular weight excluding hydrogens is 282 g/mol. The van der Waals surface area contributed by atoms with Crippen molar-refractivity contribution >= 4 is 5.91 Å². The van der Waals surface area contributed by atoms with Gasteiger partial charge in [-0.25, -0.2) is 4.79 Å². The van der Waals surface area contributed by atoms with Crippen molar-refractivity contribution in [3.05, 3.63) is 82.3 Å². The van der Waals surface area contributed by atoms with Gasteiger partial charge in [-0.05, 0) is 21.6 Å². The third-order valence-corrected chi connectivity index (χ3v) is 3.18. The number of para-hydroxylation sites is 1. The molecule has 1 aromatic heterocycles. The highest BCUT2D eigenvalue weighted by atomic mass is 16.5. The van der Waals surface area contributed by atoms with Gasteiger partial charge in [0.15, 0.2) is 0 Å². The van der Waals surface area contributed by atoms with Crippen LogP contribution in [0.5, 0.6) is 0 Å². The first-order chi connectivity index (χ1) is 10.7. The Kier molecular flexibility index (Phi) is 3.82. The molecule has 2 aromatic carbocycles. The summed E-state index contributed by atoms with van der Waals surface area (Å²) in [7, 11) is 0. The molecule has 0 fully saturated rings. The summed E-state index contributed by atoms with van der Waals surface area (Å²) in [6, 6.07) is 16.6. The van der Waals surface area contributed by atoms with Crippen molar-refractivity contribution < 1.29 is 14.0 Å². The van der Waals surface area contributed by atoms with Crippen molar-refractivity contribution in [1.29, 1.82) is 0 Å². The topological polar surface area (TPSA) is 79.0 Å². The number of aromatic amines is 1. The second kappa shape index (κ2) is 6.09. The summed E-state index contributed by atoms with van der Waals surface area (Å²) >= 11 is 0. The number of nitrogens with zero attached hydrogens (tertiary/aromatic N) is 1. The molecule has 0 saturated carbocycles. The minimum atomic E-state index is -0.514. The lowest BCUT2D eigenvalue weighted by Gasteiger charge is -2.05. The standard InChI is InChI=1S/C16H13N3O3/c20-15-11-19(18-22-15)14-9-5-4-8-13(14)16(21)17-10-12-6-2-1-3-7-12/h1-9,11H,10H2,(H-,17,18,20,21)/p+1. The molecule has 1 amide bonds. The molecule has 0 unspecified atom stereocenters. The van der Waals surface area contributed by atoms with E-state index in [1.54, 1.807) is 24.3 Å². The van der Waals surface area contributed by atoms with Gasteiger partial charge in [0.2, 0.25) is 0 Å². The largest absolute Gasteiger partial charge is 0.427 e. The van der Waals surface area contributed by atoms with E-state index in [1.807, 2.05) is 30.3 Å². The monoisotopic (exact) mass is 296 g/mol. The number of hydrogen-bond donors (Lipinski definition) is 2. The Labute approximate surface area is 126 Å². The maximum atomic E-state index is 12.4. The van der Waals surface area contributed by atoms with Crippen molar-refractivity contribution in [1.82, 2.24) is 10.6 Å². The molecule has 2 N–H and O–H groups in total. The summed E-state index contributed by atoms with van der Waals surface area (Å²) in [6.07, 6.45) is 1.24. The zero-order valence-corrected chi connectivity index (χ0v) is 11.7. The van der Waals surface area contributed by atoms with Gasteiger partial charge in [-0.1, -0.05) is 42.5 Å². The smallest absolute Gasteiger partial charge is 0.348 e. The number of aromatic nitrogens is 2. The predicted molar refractivity (Wildman–Crippen MR) is 78.5 cm³/mol. The van der Waals surface area contributed by atoms with E-state index in [1.165, 1.54) is 10.9 Å². The summed E-state index contributed by atoms with van der Waals surface area (Å²) in [5, 5.41) is 5.30. The van der Waals surface area contributed by atoms with Gasteiger partial charge in [-0.15, -0.1) is 0 Å². The van der Waals surface area contributed by atoms with Gasteiger partial charge in [0.1, 0.15) is 5.56 Å². The van der Waals surface area contributed by atoms with Crippen LogP contribution in [-0.4, -0.2) is 11.2 Å². The van der Waals surface area contributed by atoms with Crippen LogP contribution in [0.3, 0.4) is 0 Å². The summed E-state index contributed by atoms with van der Waals surface area (Å²) in [5.41, 5.74) is 1.48. The first-order valence-electron chi connectivity index (χ1n) is 6.76. The molecule has 0 atom stereocenters. The summed E-state index contributed by atoms with van der Waals surface area (Å²) in [4.78, 5) is 23.5. The van der Waals surface area contributed by atoms with E-state index in [0.717, 1.165) is 5.56 Å². The van der Waals surface area contributed by atoms with E-state index in [2.05, 4.69) is 15.1 Å². The molecule has 3 rings (SSSR count). The third kappa shape index (κ3) is 2.95. The highest BCUT2D eigenvalue weighted by Gasteiger charge is 2.20. The highest BCUT2D eigenvalue weighted by molar-refractivity contribution is 5.96. The highest BCUT2D eigenvalue weighted by Crippen LogP contribution is 2.08. The fourth-order valence-corrected chi connectivity index (χ4v) is 2.12. The number of amides is 1. The first kappa shape index (κ1) is 13.8. The molecule has 1 heterocycles. The number of hydrogen-bond acceptors (Lipinski definition) is 3. The van der Waals surface area contributed by atoms with Crippen LogP contribution < -0.4 is 15.6 Å². The molecule has 6 heteroatoms. The number of nitrogens with one attached hydrogen (secondary N) is 2. The lowest BCUT2D eigenvalue weighted by Crippen LogP contribution is -2.36. The van der Waals surface area contributed by atoms with Crippen molar-refractivity contribution in [2.75, 3.05) is 0 Å². The van der Waals surface area contributed by atoms with Crippen LogP contribution in [0.2, 0.25) is 0 Å².